The molecule has 2 aliphatic carbocycles. The molecule has 1 fully saturated rings. The van der Waals surface area contributed by atoms with Gasteiger partial charge < -0.3 is 5.32 Å². The average molecular weight is 277 g/mol. The molecular formula is C16H23NOS. The van der Waals surface area contributed by atoms with Crippen molar-refractivity contribution in [2.75, 3.05) is 0 Å². The quantitative estimate of drug-likeness (QED) is 0.871. The molecule has 3 heteroatoms. The Morgan fingerprint density at radius 2 is 2.16 bits per heavy atom. The molecule has 0 bridgehead atoms. The number of thiophene rings is 1. The highest BCUT2D eigenvalue weighted by atomic mass is 32.1. The van der Waals surface area contributed by atoms with Gasteiger partial charge in [-0.3, -0.25) is 4.79 Å². The number of aryl methyl sites for hydroxylation is 2. The van der Waals surface area contributed by atoms with Gasteiger partial charge in [0.25, 0.3) is 5.91 Å². The van der Waals surface area contributed by atoms with E-state index in [-0.39, 0.29) is 5.91 Å². The second-order valence-corrected chi connectivity index (χ2v) is 7.98. The van der Waals surface area contributed by atoms with Gasteiger partial charge in [0, 0.05) is 10.9 Å². The summed E-state index contributed by atoms with van der Waals surface area (Å²) in [5, 5.41) is 3.23. The molecule has 0 radical (unpaired) electrons. The van der Waals surface area contributed by atoms with Crippen molar-refractivity contribution < 1.29 is 4.79 Å². The van der Waals surface area contributed by atoms with E-state index >= 15 is 0 Å². The number of hydrogen-bond donors (Lipinski definition) is 1. The second kappa shape index (κ2) is 4.93. The van der Waals surface area contributed by atoms with Gasteiger partial charge in [-0.15, -0.1) is 11.3 Å². The van der Waals surface area contributed by atoms with E-state index in [2.05, 4.69) is 25.2 Å². The van der Waals surface area contributed by atoms with Crippen LogP contribution >= 0.6 is 11.3 Å². The summed E-state index contributed by atoms with van der Waals surface area (Å²) in [6.45, 7) is 4.59. The molecule has 1 N–H and O–H groups in total. The number of fused-ring (bicyclic) bond motifs is 1. The van der Waals surface area contributed by atoms with Crippen molar-refractivity contribution in [1.82, 2.24) is 5.32 Å². The van der Waals surface area contributed by atoms with Gasteiger partial charge in [-0.1, -0.05) is 13.8 Å². The topological polar surface area (TPSA) is 29.1 Å². The maximum Gasteiger partial charge on any atom is 0.261 e. The summed E-state index contributed by atoms with van der Waals surface area (Å²) in [7, 11) is 0. The molecule has 1 heterocycles. The molecule has 0 saturated heterocycles. The van der Waals surface area contributed by atoms with Crippen molar-refractivity contribution in [3.8, 4) is 0 Å². The molecule has 1 aromatic rings. The first kappa shape index (κ1) is 13.2. The Morgan fingerprint density at radius 1 is 1.37 bits per heavy atom. The number of nitrogens with one attached hydrogen (secondary N) is 1. The lowest BCUT2D eigenvalue weighted by Gasteiger charge is -2.17. The minimum absolute atomic E-state index is 0.155. The third-order valence-electron chi connectivity index (χ3n) is 4.52. The van der Waals surface area contributed by atoms with Crippen molar-refractivity contribution in [3.05, 3.63) is 21.4 Å². The van der Waals surface area contributed by atoms with E-state index in [9.17, 15) is 4.79 Å². The smallest absolute Gasteiger partial charge is 0.261 e. The summed E-state index contributed by atoms with van der Waals surface area (Å²) in [6.07, 6.45) is 8.36. The maximum absolute atomic E-state index is 12.3. The van der Waals surface area contributed by atoms with Crippen LogP contribution in [0.4, 0.5) is 0 Å². The van der Waals surface area contributed by atoms with Crippen LogP contribution in [0, 0.1) is 5.41 Å². The van der Waals surface area contributed by atoms with E-state index in [0.717, 1.165) is 24.1 Å². The molecule has 1 atom stereocenters. The Morgan fingerprint density at radius 3 is 2.84 bits per heavy atom. The van der Waals surface area contributed by atoms with Crippen LogP contribution in [0.2, 0.25) is 0 Å². The molecule has 19 heavy (non-hydrogen) atoms. The molecule has 0 spiro atoms. The van der Waals surface area contributed by atoms with Crippen molar-refractivity contribution in [2.45, 2.75) is 64.8 Å². The average Bonchev–Trinajstić information content (AvgIpc) is 2.92. The first-order valence-corrected chi connectivity index (χ1v) is 8.28. The second-order valence-electron chi connectivity index (χ2n) is 6.84. The van der Waals surface area contributed by atoms with Crippen molar-refractivity contribution in [2.24, 2.45) is 5.41 Å². The number of rotatable bonds is 2. The van der Waals surface area contributed by atoms with E-state index < -0.39 is 0 Å². The van der Waals surface area contributed by atoms with Crippen LogP contribution < -0.4 is 5.32 Å². The predicted molar refractivity (Wildman–Crippen MR) is 79.8 cm³/mol. The molecule has 1 unspecified atom stereocenters. The number of hydrogen-bond acceptors (Lipinski definition) is 2. The lowest BCUT2D eigenvalue weighted by atomic mass is 9.92. The maximum atomic E-state index is 12.3. The third-order valence-corrected chi connectivity index (χ3v) is 5.76. The molecular weight excluding hydrogens is 254 g/mol. The summed E-state index contributed by atoms with van der Waals surface area (Å²) in [6, 6.07) is 2.51. The van der Waals surface area contributed by atoms with Gasteiger partial charge in [0.1, 0.15) is 0 Å². The zero-order chi connectivity index (χ0) is 13.5. The molecule has 0 aromatic carbocycles. The standard InChI is InChI=1S/C16H23NOS/c1-16(2)8-7-12(10-16)17-15(18)14-9-11-5-3-4-6-13(11)19-14/h9,12H,3-8,10H2,1-2H3,(H,17,18). The first-order valence-electron chi connectivity index (χ1n) is 7.46. The fraction of sp³-hybridized carbons (Fsp3) is 0.688. The summed E-state index contributed by atoms with van der Waals surface area (Å²) in [4.78, 5) is 14.7. The molecule has 2 aliphatic rings. The van der Waals surface area contributed by atoms with Gasteiger partial charge in [0.05, 0.1) is 4.88 Å². The fourth-order valence-electron chi connectivity index (χ4n) is 3.42. The number of amides is 1. The minimum atomic E-state index is 0.155. The molecule has 1 saturated carbocycles. The normalized spacial score (nSPS) is 25.1. The predicted octanol–water partition coefficient (Wildman–Crippen LogP) is 3.94. The van der Waals surface area contributed by atoms with E-state index in [1.165, 1.54) is 36.1 Å². The van der Waals surface area contributed by atoms with Crippen LogP contribution in [0.1, 0.15) is 66.1 Å². The van der Waals surface area contributed by atoms with Crippen molar-refractivity contribution in [1.29, 1.82) is 0 Å². The van der Waals surface area contributed by atoms with Gasteiger partial charge in [-0.25, -0.2) is 0 Å². The Kier molecular flexibility index (Phi) is 3.42. The highest BCUT2D eigenvalue weighted by molar-refractivity contribution is 7.14. The van der Waals surface area contributed by atoms with E-state index in [1.807, 2.05) is 0 Å². The van der Waals surface area contributed by atoms with Crippen LogP contribution in [0.15, 0.2) is 6.07 Å². The zero-order valence-corrected chi connectivity index (χ0v) is 12.7. The van der Waals surface area contributed by atoms with Gasteiger partial charge in [0.15, 0.2) is 0 Å². The summed E-state index contributed by atoms with van der Waals surface area (Å²) in [5.74, 6) is 0.155. The van der Waals surface area contributed by atoms with Gasteiger partial charge in [0.2, 0.25) is 0 Å². The fourth-order valence-corrected chi connectivity index (χ4v) is 4.58. The van der Waals surface area contributed by atoms with Crippen molar-refractivity contribution in [3.63, 3.8) is 0 Å². The lowest BCUT2D eigenvalue weighted by Crippen LogP contribution is -2.33. The number of carbonyl (C=O) groups is 1. The van der Waals surface area contributed by atoms with E-state index in [4.69, 9.17) is 0 Å². The largest absolute Gasteiger partial charge is 0.349 e. The molecule has 1 aromatic heterocycles. The van der Waals surface area contributed by atoms with Crippen LogP contribution in [-0.2, 0) is 12.8 Å². The lowest BCUT2D eigenvalue weighted by molar-refractivity contribution is 0.0940. The molecule has 104 valence electrons. The highest BCUT2D eigenvalue weighted by Gasteiger charge is 2.32. The van der Waals surface area contributed by atoms with Crippen LogP contribution in [0.3, 0.4) is 0 Å². The van der Waals surface area contributed by atoms with Crippen LogP contribution in [0.25, 0.3) is 0 Å². The van der Waals surface area contributed by atoms with E-state index in [1.54, 1.807) is 11.3 Å². The molecule has 3 rings (SSSR count). The molecule has 1 amide bonds. The minimum Gasteiger partial charge on any atom is -0.349 e. The Labute approximate surface area is 119 Å². The van der Waals surface area contributed by atoms with Crippen molar-refractivity contribution >= 4 is 17.2 Å². The Balaban J connectivity index is 1.66. The van der Waals surface area contributed by atoms with E-state index in [0.29, 0.717) is 11.5 Å². The monoisotopic (exact) mass is 277 g/mol. The van der Waals surface area contributed by atoms with Crippen LogP contribution in [-0.4, -0.2) is 11.9 Å². The Bertz CT molecular complexity index is 465. The molecule has 2 nitrogen and oxygen atoms in total. The first-order chi connectivity index (χ1) is 9.03. The van der Waals surface area contributed by atoms with Gasteiger partial charge in [-0.2, -0.15) is 0 Å². The third kappa shape index (κ3) is 2.86. The molecule has 0 aliphatic heterocycles. The number of carbonyl (C=O) groups excluding carboxylic acids is 1. The van der Waals surface area contributed by atoms with Gasteiger partial charge in [-0.05, 0) is 62.0 Å². The SMILES string of the molecule is CC1(C)CCC(NC(=O)c2cc3c(s2)CCCC3)C1. The zero-order valence-electron chi connectivity index (χ0n) is 11.9. The Hall–Kier alpha value is -0.830. The summed E-state index contributed by atoms with van der Waals surface area (Å²) >= 11 is 1.71. The summed E-state index contributed by atoms with van der Waals surface area (Å²) in [5.41, 5.74) is 1.82. The van der Waals surface area contributed by atoms with Gasteiger partial charge >= 0.3 is 0 Å². The van der Waals surface area contributed by atoms with Crippen LogP contribution in [0.5, 0.6) is 0 Å². The summed E-state index contributed by atoms with van der Waals surface area (Å²) < 4.78 is 0. The highest BCUT2D eigenvalue weighted by Crippen LogP contribution is 2.37.